The maximum absolute atomic E-state index is 11.7. The maximum atomic E-state index is 11.7. The molecule has 1 amide bonds. The number of nitrogens with one attached hydrogen (secondary N) is 1. The third-order valence-electron chi connectivity index (χ3n) is 2.19. The molecule has 0 fully saturated rings. The van der Waals surface area contributed by atoms with Gasteiger partial charge in [-0.25, -0.2) is 8.42 Å². The summed E-state index contributed by atoms with van der Waals surface area (Å²) in [6.07, 6.45) is -0.281. The van der Waals surface area contributed by atoms with Gasteiger partial charge in [0.15, 0.2) is 9.84 Å². The predicted molar refractivity (Wildman–Crippen MR) is 70.7 cm³/mol. The molecule has 0 unspecified atom stereocenters. The number of anilines is 1. The number of amides is 1. The van der Waals surface area contributed by atoms with Crippen LogP contribution in [0.25, 0.3) is 0 Å². The fourth-order valence-corrected chi connectivity index (χ4v) is 2.48. The third kappa shape index (κ3) is 3.55. The normalized spacial score (nSPS) is 10.7. The summed E-state index contributed by atoms with van der Waals surface area (Å²) in [5.41, 5.74) is 0.338. The van der Waals surface area contributed by atoms with Crippen molar-refractivity contribution in [1.29, 1.82) is 5.26 Å². The number of hydrogen-bond donors (Lipinski definition) is 1. The number of carbonyl (C=O) groups is 1. The Hall–Kier alpha value is -1.39. The zero-order valence-electron chi connectivity index (χ0n) is 9.60. The van der Waals surface area contributed by atoms with E-state index >= 15 is 0 Å². The molecule has 0 spiro atoms. The van der Waals surface area contributed by atoms with Gasteiger partial charge in [0, 0.05) is 4.47 Å². The second-order valence-corrected chi connectivity index (χ2v) is 6.56. The first-order valence-corrected chi connectivity index (χ1v) is 7.54. The SMILES string of the molecule is CCS(=O)(=O)c1ccc(Br)c(NC(=O)CC#N)c1. The zero-order chi connectivity index (χ0) is 13.8. The van der Waals surface area contributed by atoms with Crippen molar-refractivity contribution in [3.05, 3.63) is 22.7 Å². The van der Waals surface area contributed by atoms with Gasteiger partial charge in [0.05, 0.1) is 22.4 Å². The van der Waals surface area contributed by atoms with Crippen LogP contribution >= 0.6 is 15.9 Å². The number of sulfone groups is 1. The minimum Gasteiger partial charge on any atom is -0.324 e. The lowest BCUT2D eigenvalue weighted by Crippen LogP contribution is -2.12. The Morgan fingerprint density at radius 1 is 1.50 bits per heavy atom. The van der Waals surface area contributed by atoms with Crippen LogP contribution in [0, 0.1) is 11.3 Å². The molecule has 0 saturated carbocycles. The average Bonchev–Trinajstić information content (AvgIpc) is 2.32. The van der Waals surface area contributed by atoms with E-state index in [1.165, 1.54) is 12.1 Å². The van der Waals surface area contributed by atoms with Gasteiger partial charge in [0.25, 0.3) is 0 Å². The summed E-state index contributed by atoms with van der Waals surface area (Å²) in [5.74, 6) is -0.496. The lowest BCUT2D eigenvalue weighted by atomic mass is 10.3. The van der Waals surface area contributed by atoms with Gasteiger partial charge < -0.3 is 5.32 Å². The minimum atomic E-state index is -3.32. The first kappa shape index (κ1) is 14.7. The molecule has 0 aromatic heterocycles. The van der Waals surface area contributed by atoms with E-state index in [1.54, 1.807) is 19.1 Å². The smallest absolute Gasteiger partial charge is 0.238 e. The molecule has 5 nitrogen and oxygen atoms in total. The van der Waals surface area contributed by atoms with Gasteiger partial charge in [-0.1, -0.05) is 6.92 Å². The quantitative estimate of drug-likeness (QED) is 0.915. The molecule has 1 aromatic rings. The van der Waals surface area contributed by atoms with Crippen molar-refractivity contribution in [2.75, 3.05) is 11.1 Å². The summed E-state index contributed by atoms with van der Waals surface area (Å²) in [7, 11) is -3.32. The summed E-state index contributed by atoms with van der Waals surface area (Å²) in [4.78, 5) is 11.4. The highest BCUT2D eigenvalue weighted by Crippen LogP contribution is 2.26. The summed E-state index contributed by atoms with van der Waals surface area (Å²) < 4.78 is 24.0. The third-order valence-corrected chi connectivity index (χ3v) is 4.61. The van der Waals surface area contributed by atoms with E-state index in [9.17, 15) is 13.2 Å². The van der Waals surface area contributed by atoms with Crippen LogP contribution in [0.15, 0.2) is 27.6 Å². The first-order valence-electron chi connectivity index (χ1n) is 5.10. The monoisotopic (exact) mass is 330 g/mol. The van der Waals surface area contributed by atoms with E-state index < -0.39 is 15.7 Å². The van der Waals surface area contributed by atoms with Crippen molar-refractivity contribution >= 4 is 37.4 Å². The molecule has 0 heterocycles. The molecule has 7 heteroatoms. The Balaban J connectivity index is 3.11. The number of rotatable bonds is 4. The Bertz CT molecular complexity index is 605. The topological polar surface area (TPSA) is 87.0 Å². The van der Waals surface area contributed by atoms with Crippen LogP contribution < -0.4 is 5.32 Å². The number of halogens is 1. The number of carbonyl (C=O) groups excluding carboxylic acids is 1. The van der Waals surface area contributed by atoms with Crippen LogP contribution in [-0.4, -0.2) is 20.1 Å². The lowest BCUT2D eigenvalue weighted by Gasteiger charge is -2.08. The molecule has 96 valence electrons. The van der Waals surface area contributed by atoms with Gasteiger partial charge in [-0.15, -0.1) is 0 Å². The van der Waals surface area contributed by atoms with Crippen molar-refractivity contribution in [3.63, 3.8) is 0 Å². The fourth-order valence-electron chi connectivity index (χ4n) is 1.23. The largest absolute Gasteiger partial charge is 0.324 e. The van der Waals surface area contributed by atoms with Crippen LogP contribution in [0.1, 0.15) is 13.3 Å². The van der Waals surface area contributed by atoms with Crippen LogP contribution in [0.2, 0.25) is 0 Å². The highest BCUT2D eigenvalue weighted by Gasteiger charge is 2.14. The second kappa shape index (κ2) is 5.98. The van der Waals surface area contributed by atoms with Gasteiger partial charge in [-0.2, -0.15) is 5.26 Å². The number of hydrogen-bond acceptors (Lipinski definition) is 4. The maximum Gasteiger partial charge on any atom is 0.238 e. The van der Waals surface area contributed by atoms with Gasteiger partial charge in [-0.3, -0.25) is 4.79 Å². The molecule has 0 saturated heterocycles. The molecule has 1 N–H and O–H groups in total. The molecular weight excluding hydrogens is 320 g/mol. The molecule has 1 aromatic carbocycles. The van der Waals surface area contributed by atoms with Gasteiger partial charge in [-0.05, 0) is 34.1 Å². The Morgan fingerprint density at radius 2 is 2.17 bits per heavy atom. The standard InChI is InChI=1S/C11H11BrN2O3S/c1-2-18(16,17)8-3-4-9(12)10(7-8)14-11(15)5-6-13/h3-4,7H,2,5H2,1H3,(H,14,15). The molecule has 0 aliphatic carbocycles. The van der Waals surface area contributed by atoms with E-state index in [-0.39, 0.29) is 17.1 Å². The van der Waals surface area contributed by atoms with Crippen molar-refractivity contribution in [1.82, 2.24) is 0 Å². The van der Waals surface area contributed by atoms with Gasteiger partial charge in [0.1, 0.15) is 6.42 Å². The van der Waals surface area contributed by atoms with Crippen molar-refractivity contribution in [3.8, 4) is 6.07 Å². The Labute approximate surface area is 114 Å². The van der Waals surface area contributed by atoms with Gasteiger partial charge in [0.2, 0.25) is 5.91 Å². The van der Waals surface area contributed by atoms with E-state index in [1.807, 2.05) is 0 Å². The van der Waals surface area contributed by atoms with E-state index in [0.717, 1.165) is 0 Å². The Morgan fingerprint density at radius 3 is 2.72 bits per heavy atom. The minimum absolute atomic E-state index is 0.0137. The van der Waals surface area contributed by atoms with Gasteiger partial charge >= 0.3 is 0 Å². The van der Waals surface area contributed by atoms with Crippen molar-refractivity contribution in [2.45, 2.75) is 18.2 Å². The Kier molecular flexibility index (Phi) is 4.87. The molecule has 0 aliphatic rings. The fraction of sp³-hybridized carbons (Fsp3) is 0.273. The molecule has 0 radical (unpaired) electrons. The molecule has 18 heavy (non-hydrogen) atoms. The number of benzene rings is 1. The molecular formula is C11H11BrN2O3S. The molecule has 1 rings (SSSR count). The molecule has 0 bridgehead atoms. The van der Waals surface area contributed by atoms with Crippen LogP contribution in [0.5, 0.6) is 0 Å². The van der Waals surface area contributed by atoms with Crippen LogP contribution in [-0.2, 0) is 14.6 Å². The van der Waals surface area contributed by atoms with Crippen LogP contribution in [0.3, 0.4) is 0 Å². The van der Waals surface area contributed by atoms with Crippen molar-refractivity contribution in [2.24, 2.45) is 0 Å². The first-order chi connectivity index (χ1) is 8.40. The van der Waals surface area contributed by atoms with Crippen LogP contribution in [0.4, 0.5) is 5.69 Å². The summed E-state index contributed by atoms with van der Waals surface area (Å²) in [6.45, 7) is 1.55. The second-order valence-electron chi connectivity index (χ2n) is 3.43. The van der Waals surface area contributed by atoms with E-state index in [4.69, 9.17) is 5.26 Å². The average molecular weight is 331 g/mol. The lowest BCUT2D eigenvalue weighted by molar-refractivity contribution is -0.115. The number of nitrogens with zero attached hydrogens (tertiary/aromatic N) is 1. The highest BCUT2D eigenvalue weighted by molar-refractivity contribution is 9.10. The number of nitriles is 1. The van der Waals surface area contributed by atoms with E-state index in [2.05, 4.69) is 21.2 Å². The summed E-state index contributed by atoms with van der Waals surface area (Å²) in [6, 6.07) is 6.10. The predicted octanol–water partition coefficient (Wildman–Crippen LogP) is 2.09. The summed E-state index contributed by atoms with van der Waals surface area (Å²) in [5, 5.41) is 10.9. The van der Waals surface area contributed by atoms with E-state index in [0.29, 0.717) is 10.2 Å². The zero-order valence-corrected chi connectivity index (χ0v) is 12.0. The highest BCUT2D eigenvalue weighted by atomic mass is 79.9. The van der Waals surface area contributed by atoms with Crippen molar-refractivity contribution < 1.29 is 13.2 Å². The molecule has 0 atom stereocenters. The summed E-state index contributed by atoms with van der Waals surface area (Å²) >= 11 is 3.21. The molecule has 0 aliphatic heterocycles.